The van der Waals surface area contributed by atoms with E-state index < -0.39 is 36.9 Å². The van der Waals surface area contributed by atoms with E-state index in [0.717, 1.165) is 44.9 Å². The summed E-state index contributed by atoms with van der Waals surface area (Å²) in [5.74, 6) is -0.576. The molecule has 0 saturated heterocycles. The van der Waals surface area contributed by atoms with Crippen molar-refractivity contribution in [1.29, 1.82) is 0 Å². The third-order valence-corrected chi connectivity index (χ3v) is 17.7. The van der Waals surface area contributed by atoms with E-state index in [-0.39, 0.29) is 0 Å². The van der Waals surface area contributed by atoms with E-state index >= 15 is 0 Å². The first-order valence-electron chi connectivity index (χ1n) is 36.7. The third kappa shape index (κ3) is 61.4. The average molecular weight is 1130 g/mol. The van der Waals surface area contributed by atoms with Gasteiger partial charge < -0.3 is 25.7 Å². The largest absolute Gasteiger partial charge is 0.394 e. The van der Waals surface area contributed by atoms with Crippen LogP contribution in [0.15, 0.2) is 24.3 Å². The van der Waals surface area contributed by atoms with Crippen molar-refractivity contribution in [2.45, 2.75) is 436 Å². The van der Waals surface area contributed by atoms with Crippen LogP contribution in [-0.2, 0) is 4.79 Å². The predicted octanol–water partition coefficient (Wildman–Crippen LogP) is 22.9. The highest BCUT2D eigenvalue weighted by atomic mass is 16.3. The lowest BCUT2D eigenvalue weighted by Crippen LogP contribution is -2.53. The first-order chi connectivity index (χ1) is 39.5. The van der Waals surface area contributed by atoms with E-state index in [9.17, 15) is 25.2 Å². The number of amides is 1. The SMILES string of the molecule is CCCCCCCCCCC/C=C\C/C=C\CCCCCCCCCCCCCCCCCCC(O)C(=O)NC(CO)C(O)C(O)CCCCCCCCCCCCCCCCCCCCCCCCCCCCCCCCCC. The molecule has 5 N–H and O–H groups in total. The standard InChI is InChI=1S/C74H145NO5/c1-3-5-7-9-11-13-15-17-19-21-23-25-27-29-31-33-35-37-39-41-43-45-47-49-51-53-55-57-59-61-63-65-67-71(77)73(79)70(69-76)75-74(80)72(78)68-66-64-62-60-58-56-54-52-50-48-46-44-42-40-38-36-34-32-30-28-26-24-22-20-18-16-14-12-10-8-6-4-2/h24,26,30,32,70-73,76-79H,3-23,25,27-29,31,33-69H2,1-2H3,(H,75,80)/b26-24-,32-30-. The van der Waals surface area contributed by atoms with Crippen molar-refractivity contribution in [3.05, 3.63) is 24.3 Å². The monoisotopic (exact) mass is 1130 g/mol. The molecular formula is C74H145NO5. The molecule has 1 amide bonds. The van der Waals surface area contributed by atoms with E-state index in [1.54, 1.807) is 0 Å². The van der Waals surface area contributed by atoms with Crippen molar-refractivity contribution >= 4 is 5.91 Å². The minimum atomic E-state index is -1.26. The number of nitrogens with one attached hydrogen (secondary N) is 1. The summed E-state index contributed by atoms with van der Waals surface area (Å²) >= 11 is 0. The summed E-state index contributed by atoms with van der Waals surface area (Å²) < 4.78 is 0. The van der Waals surface area contributed by atoms with Gasteiger partial charge in [-0.25, -0.2) is 0 Å². The number of aliphatic hydroxyl groups excluding tert-OH is 4. The molecule has 0 rings (SSSR count). The van der Waals surface area contributed by atoms with Gasteiger partial charge in [0.2, 0.25) is 5.91 Å². The molecule has 0 radical (unpaired) electrons. The predicted molar refractivity (Wildman–Crippen MR) is 353 cm³/mol. The second-order valence-electron chi connectivity index (χ2n) is 25.7. The Labute approximate surface area is 501 Å². The molecule has 0 saturated carbocycles. The second-order valence-corrected chi connectivity index (χ2v) is 25.7. The number of allylic oxidation sites excluding steroid dienone is 4. The highest BCUT2D eigenvalue weighted by Gasteiger charge is 2.28. The van der Waals surface area contributed by atoms with Gasteiger partial charge in [0.1, 0.15) is 12.2 Å². The van der Waals surface area contributed by atoms with Gasteiger partial charge in [-0.1, -0.05) is 391 Å². The lowest BCUT2D eigenvalue weighted by atomic mass is 9.99. The molecule has 4 atom stereocenters. The van der Waals surface area contributed by atoms with Crippen LogP contribution in [-0.4, -0.2) is 57.3 Å². The van der Waals surface area contributed by atoms with Gasteiger partial charge in [0.15, 0.2) is 0 Å². The molecule has 0 aliphatic rings. The molecular weight excluding hydrogens is 983 g/mol. The molecule has 0 aromatic carbocycles. The van der Waals surface area contributed by atoms with Gasteiger partial charge in [0, 0.05) is 0 Å². The lowest BCUT2D eigenvalue weighted by molar-refractivity contribution is -0.132. The molecule has 0 heterocycles. The Bertz CT molecular complexity index is 1220. The summed E-state index contributed by atoms with van der Waals surface area (Å²) in [5.41, 5.74) is 0. The van der Waals surface area contributed by atoms with E-state index in [1.165, 1.54) is 340 Å². The molecule has 6 nitrogen and oxygen atoms in total. The zero-order valence-electron chi connectivity index (χ0n) is 54.4. The molecule has 0 spiro atoms. The Morgan fingerprint density at radius 1 is 0.312 bits per heavy atom. The number of aliphatic hydroxyl groups is 4. The van der Waals surface area contributed by atoms with Gasteiger partial charge in [0.25, 0.3) is 0 Å². The van der Waals surface area contributed by atoms with Crippen LogP contribution in [0.3, 0.4) is 0 Å². The Kier molecular flexibility index (Phi) is 67.5. The van der Waals surface area contributed by atoms with Crippen molar-refractivity contribution in [3.8, 4) is 0 Å². The molecule has 0 fully saturated rings. The zero-order valence-corrected chi connectivity index (χ0v) is 54.4. The van der Waals surface area contributed by atoms with Crippen LogP contribution in [0.1, 0.15) is 412 Å². The van der Waals surface area contributed by atoms with Crippen molar-refractivity contribution in [2.24, 2.45) is 0 Å². The summed E-state index contributed by atoms with van der Waals surface area (Å²) in [6, 6.07) is -0.986. The molecule has 0 bridgehead atoms. The minimum Gasteiger partial charge on any atom is -0.394 e. The topological polar surface area (TPSA) is 110 Å². The van der Waals surface area contributed by atoms with E-state index in [4.69, 9.17) is 0 Å². The Morgan fingerprint density at radius 3 is 0.787 bits per heavy atom. The van der Waals surface area contributed by atoms with Gasteiger partial charge in [0.05, 0.1) is 18.8 Å². The van der Waals surface area contributed by atoms with Crippen LogP contribution in [0.4, 0.5) is 0 Å². The molecule has 6 heteroatoms. The molecule has 0 aliphatic heterocycles. The minimum absolute atomic E-state index is 0.372. The van der Waals surface area contributed by atoms with E-state index in [1.807, 2.05) is 0 Å². The van der Waals surface area contributed by atoms with Crippen molar-refractivity contribution in [1.82, 2.24) is 5.32 Å². The van der Waals surface area contributed by atoms with Crippen LogP contribution in [0.2, 0.25) is 0 Å². The molecule has 0 aromatic rings. The normalized spacial score (nSPS) is 13.5. The highest BCUT2D eigenvalue weighted by molar-refractivity contribution is 5.80. The highest BCUT2D eigenvalue weighted by Crippen LogP contribution is 2.20. The Morgan fingerprint density at radius 2 is 0.537 bits per heavy atom. The van der Waals surface area contributed by atoms with Crippen LogP contribution < -0.4 is 5.32 Å². The Hall–Kier alpha value is -1.21. The Balaban J connectivity index is 3.52. The van der Waals surface area contributed by atoms with Gasteiger partial charge in [-0.05, 0) is 44.9 Å². The van der Waals surface area contributed by atoms with Crippen molar-refractivity contribution < 1.29 is 25.2 Å². The summed E-state index contributed by atoms with van der Waals surface area (Å²) in [6.07, 6.45) is 87.5. The summed E-state index contributed by atoms with van der Waals surface area (Å²) in [5, 5.41) is 44.3. The lowest BCUT2D eigenvalue weighted by Gasteiger charge is -2.27. The van der Waals surface area contributed by atoms with Crippen LogP contribution in [0.5, 0.6) is 0 Å². The fourth-order valence-electron chi connectivity index (χ4n) is 12.0. The number of carbonyl (C=O) groups is 1. The summed E-state index contributed by atoms with van der Waals surface area (Å²) in [7, 11) is 0. The second kappa shape index (κ2) is 68.6. The van der Waals surface area contributed by atoms with Gasteiger partial charge >= 0.3 is 0 Å². The van der Waals surface area contributed by atoms with Crippen molar-refractivity contribution in [2.75, 3.05) is 6.61 Å². The van der Waals surface area contributed by atoms with Crippen LogP contribution >= 0.6 is 0 Å². The van der Waals surface area contributed by atoms with Crippen molar-refractivity contribution in [3.63, 3.8) is 0 Å². The van der Waals surface area contributed by atoms with Gasteiger partial charge in [-0.15, -0.1) is 0 Å². The molecule has 4 unspecified atom stereocenters. The summed E-state index contributed by atoms with van der Waals surface area (Å²) in [6.45, 7) is 4.11. The number of rotatable bonds is 69. The van der Waals surface area contributed by atoms with Gasteiger partial charge in [-0.2, -0.15) is 0 Å². The number of hydrogen-bond donors (Lipinski definition) is 5. The zero-order chi connectivity index (χ0) is 58.0. The van der Waals surface area contributed by atoms with E-state index in [2.05, 4.69) is 43.5 Å². The van der Waals surface area contributed by atoms with Crippen LogP contribution in [0.25, 0.3) is 0 Å². The van der Waals surface area contributed by atoms with Crippen LogP contribution in [0, 0.1) is 0 Å². The first kappa shape index (κ1) is 78.8. The molecule has 0 aliphatic carbocycles. The molecule has 80 heavy (non-hydrogen) atoms. The third-order valence-electron chi connectivity index (χ3n) is 17.7. The first-order valence-corrected chi connectivity index (χ1v) is 36.7. The maximum atomic E-state index is 12.7. The number of carbonyl (C=O) groups excluding carboxylic acids is 1. The average Bonchev–Trinajstić information content (AvgIpc) is 3.46. The summed E-state index contributed by atoms with van der Waals surface area (Å²) in [4.78, 5) is 12.7. The molecule has 0 aromatic heterocycles. The smallest absolute Gasteiger partial charge is 0.249 e. The number of unbranched alkanes of at least 4 members (excludes halogenated alkanes) is 56. The van der Waals surface area contributed by atoms with E-state index in [0.29, 0.717) is 12.8 Å². The fraction of sp³-hybridized carbons (Fsp3) is 0.932. The fourth-order valence-corrected chi connectivity index (χ4v) is 12.0. The molecule has 476 valence electrons. The maximum absolute atomic E-state index is 12.7. The number of hydrogen-bond acceptors (Lipinski definition) is 5. The quantitative estimate of drug-likeness (QED) is 0.0308. The maximum Gasteiger partial charge on any atom is 0.249 e. The van der Waals surface area contributed by atoms with Gasteiger partial charge in [-0.3, -0.25) is 4.79 Å².